The first-order valence-electron chi connectivity index (χ1n) is 12.9. The predicted octanol–water partition coefficient (Wildman–Crippen LogP) is 4.69. The van der Waals surface area contributed by atoms with E-state index < -0.39 is 40.6 Å². The molecule has 1 aliphatic rings. The van der Waals surface area contributed by atoms with Crippen LogP contribution in [0.25, 0.3) is 0 Å². The fraction of sp³-hybridized carbons (Fsp3) is 0.483. The Kier molecular flexibility index (Phi) is 8.72. The SMILES string of the molecule is CCC1[C@](CC)(C(=O)O)N(Cc2ccc(OCc3ccccc3)cc2)C[C@@]1(NC(=O)OC(C)(C)C)C(=O)O. The summed E-state index contributed by atoms with van der Waals surface area (Å²) in [6, 6.07) is 17.1. The van der Waals surface area contributed by atoms with Gasteiger partial charge in [-0.1, -0.05) is 56.3 Å². The van der Waals surface area contributed by atoms with Gasteiger partial charge in [-0.2, -0.15) is 0 Å². The maximum Gasteiger partial charge on any atom is 0.408 e. The second-order valence-electron chi connectivity index (χ2n) is 10.7. The zero-order valence-electron chi connectivity index (χ0n) is 22.7. The lowest BCUT2D eigenvalue weighted by Crippen LogP contribution is -2.63. The van der Waals surface area contributed by atoms with Gasteiger partial charge < -0.3 is 25.0 Å². The van der Waals surface area contributed by atoms with Gasteiger partial charge in [-0.25, -0.2) is 9.59 Å². The lowest BCUT2D eigenvalue weighted by Gasteiger charge is -2.39. The van der Waals surface area contributed by atoms with Crippen LogP contribution in [-0.2, 0) is 27.5 Å². The summed E-state index contributed by atoms with van der Waals surface area (Å²) in [6.45, 7) is 8.93. The highest BCUT2D eigenvalue weighted by atomic mass is 16.6. The van der Waals surface area contributed by atoms with Crippen LogP contribution in [0.4, 0.5) is 4.79 Å². The molecule has 0 aliphatic carbocycles. The molecule has 1 unspecified atom stereocenters. The number of hydrogen-bond donors (Lipinski definition) is 3. The molecule has 206 valence electrons. The summed E-state index contributed by atoms with van der Waals surface area (Å²) in [5.74, 6) is -2.65. The van der Waals surface area contributed by atoms with E-state index in [2.05, 4.69) is 5.32 Å². The Morgan fingerprint density at radius 1 is 0.974 bits per heavy atom. The number of carbonyl (C=O) groups is 3. The first-order valence-corrected chi connectivity index (χ1v) is 12.9. The molecule has 1 saturated heterocycles. The Bertz CT molecular complexity index is 1130. The molecule has 1 amide bonds. The van der Waals surface area contributed by atoms with E-state index in [1.807, 2.05) is 54.6 Å². The van der Waals surface area contributed by atoms with Crippen molar-refractivity contribution in [2.75, 3.05) is 6.54 Å². The third-order valence-corrected chi connectivity index (χ3v) is 7.14. The Hall–Kier alpha value is -3.59. The first kappa shape index (κ1) is 29.0. The predicted molar refractivity (Wildman–Crippen MR) is 142 cm³/mol. The molecule has 38 heavy (non-hydrogen) atoms. The van der Waals surface area contributed by atoms with Crippen molar-refractivity contribution in [1.82, 2.24) is 10.2 Å². The summed E-state index contributed by atoms with van der Waals surface area (Å²) in [5.41, 5.74) is -2.36. The maximum absolute atomic E-state index is 12.8. The number of amides is 1. The third kappa shape index (κ3) is 5.93. The molecule has 0 bridgehead atoms. The van der Waals surface area contributed by atoms with E-state index in [0.29, 0.717) is 12.4 Å². The fourth-order valence-electron chi connectivity index (χ4n) is 5.50. The quantitative estimate of drug-likeness (QED) is 0.407. The average Bonchev–Trinajstić information content (AvgIpc) is 3.13. The summed E-state index contributed by atoms with van der Waals surface area (Å²) in [5, 5.41) is 23.4. The number of nitrogens with one attached hydrogen (secondary N) is 1. The van der Waals surface area contributed by atoms with Crippen LogP contribution in [0, 0.1) is 5.92 Å². The summed E-state index contributed by atoms with van der Waals surface area (Å²) >= 11 is 0. The number of aliphatic carboxylic acids is 2. The van der Waals surface area contributed by atoms with E-state index in [-0.39, 0.29) is 25.9 Å². The van der Waals surface area contributed by atoms with E-state index in [1.165, 1.54) is 0 Å². The van der Waals surface area contributed by atoms with Crippen LogP contribution >= 0.6 is 0 Å². The van der Waals surface area contributed by atoms with Crippen molar-refractivity contribution in [2.45, 2.75) is 77.3 Å². The van der Waals surface area contributed by atoms with E-state index in [9.17, 15) is 24.6 Å². The Balaban J connectivity index is 1.89. The van der Waals surface area contributed by atoms with E-state index in [1.54, 1.807) is 39.5 Å². The Morgan fingerprint density at radius 2 is 1.61 bits per heavy atom. The average molecular weight is 527 g/mol. The number of benzene rings is 2. The molecule has 9 nitrogen and oxygen atoms in total. The van der Waals surface area contributed by atoms with Crippen molar-refractivity contribution in [2.24, 2.45) is 5.92 Å². The summed E-state index contributed by atoms with van der Waals surface area (Å²) in [4.78, 5) is 40.0. The molecule has 0 spiro atoms. The van der Waals surface area contributed by atoms with Gasteiger partial charge >= 0.3 is 18.0 Å². The number of nitrogens with zero attached hydrogens (tertiary/aromatic N) is 1. The van der Waals surface area contributed by atoms with Crippen molar-refractivity contribution < 1.29 is 34.1 Å². The first-order chi connectivity index (χ1) is 17.9. The fourth-order valence-corrected chi connectivity index (χ4v) is 5.50. The Morgan fingerprint density at radius 3 is 2.11 bits per heavy atom. The van der Waals surface area contributed by atoms with Gasteiger partial charge in [0.25, 0.3) is 0 Å². The lowest BCUT2D eigenvalue weighted by atomic mass is 9.72. The van der Waals surface area contributed by atoms with Gasteiger partial charge in [-0.05, 0) is 56.9 Å². The molecule has 1 fully saturated rings. The molecule has 1 aliphatic heterocycles. The third-order valence-electron chi connectivity index (χ3n) is 7.14. The summed E-state index contributed by atoms with van der Waals surface area (Å²) in [6.07, 6.45) is -0.509. The smallest absolute Gasteiger partial charge is 0.408 e. The minimum absolute atomic E-state index is 0.157. The van der Waals surface area contributed by atoms with E-state index in [0.717, 1.165) is 11.1 Å². The number of likely N-dealkylation sites (tertiary alicyclic amines) is 1. The zero-order chi connectivity index (χ0) is 28.1. The van der Waals surface area contributed by atoms with Crippen molar-refractivity contribution in [3.05, 3.63) is 65.7 Å². The minimum Gasteiger partial charge on any atom is -0.489 e. The van der Waals surface area contributed by atoms with Gasteiger partial charge in [-0.3, -0.25) is 9.69 Å². The van der Waals surface area contributed by atoms with Gasteiger partial charge in [0, 0.05) is 19.0 Å². The Labute approximate surface area is 223 Å². The normalized spacial score (nSPS) is 23.6. The van der Waals surface area contributed by atoms with Crippen LogP contribution in [-0.4, -0.2) is 56.4 Å². The maximum atomic E-state index is 12.8. The largest absolute Gasteiger partial charge is 0.489 e. The monoisotopic (exact) mass is 526 g/mol. The molecule has 9 heteroatoms. The number of carbonyl (C=O) groups excluding carboxylic acids is 1. The number of carboxylic acid groups (broad SMARTS) is 2. The molecule has 2 aromatic carbocycles. The second-order valence-corrected chi connectivity index (χ2v) is 10.7. The molecule has 2 aromatic rings. The summed E-state index contributed by atoms with van der Waals surface area (Å²) < 4.78 is 11.2. The molecule has 0 saturated carbocycles. The highest BCUT2D eigenvalue weighted by Crippen LogP contribution is 2.47. The molecule has 3 atom stereocenters. The van der Waals surface area contributed by atoms with Gasteiger partial charge in [0.1, 0.15) is 23.5 Å². The highest BCUT2D eigenvalue weighted by molar-refractivity contribution is 5.90. The van der Waals surface area contributed by atoms with Gasteiger partial charge in [0.05, 0.1) is 0 Å². The second kappa shape index (κ2) is 11.4. The van der Waals surface area contributed by atoms with Gasteiger partial charge in [0.15, 0.2) is 5.54 Å². The van der Waals surface area contributed by atoms with Crippen molar-refractivity contribution >= 4 is 18.0 Å². The van der Waals surface area contributed by atoms with Crippen LogP contribution in [0.5, 0.6) is 5.75 Å². The van der Waals surface area contributed by atoms with Crippen LogP contribution < -0.4 is 10.1 Å². The number of hydrogen-bond acceptors (Lipinski definition) is 6. The van der Waals surface area contributed by atoms with Crippen molar-refractivity contribution in [3.8, 4) is 5.75 Å². The number of ether oxygens (including phenoxy) is 2. The topological polar surface area (TPSA) is 125 Å². The molecule has 3 rings (SSSR count). The van der Waals surface area contributed by atoms with Crippen LogP contribution in [0.3, 0.4) is 0 Å². The molecular weight excluding hydrogens is 488 g/mol. The van der Waals surface area contributed by atoms with Gasteiger partial charge in [0.2, 0.25) is 0 Å². The van der Waals surface area contributed by atoms with Gasteiger partial charge in [-0.15, -0.1) is 0 Å². The zero-order valence-corrected chi connectivity index (χ0v) is 22.7. The number of alkyl carbamates (subject to hydrolysis) is 1. The van der Waals surface area contributed by atoms with Crippen molar-refractivity contribution in [1.29, 1.82) is 0 Å². The molecular formula is C29H38N2O7. The molecule has 3 N–H and O–H groups in total. The minimum atomic E-state index is -1.84. The standard InChI is InChI=1S/C29H38N2O7/c1-6-23-28(24(32)33,30-26(36)38-27(3,4)5)19-31(29(23,7-2)25(34)35)17-20-13-15-22(16-14-20)37-18-21-11-9-8-10-12-21/h8-16,23H,6-7,17-19H2,1-5H3,(H,30,36)(H,32,33)(H,34,35)/t23?,28-,29+/m0/s1. The van der Waals surface area contributed by atoms with Crippen molar-refractivity contribution in [3.63, 3.8) is 0 Å². The molecule has 0 radical (unpaired) electrons. The van der Waals surface area contributed by atoms with Crippen LogP contribution in [0.1, 0.15) is 58.6 Å². The molecule has 1 heterocycles. The van der Waals surface area contributed by atoms with Crippen LogP contribution in [0.2, 0.25) is 0 Å². The lowest BCUT2D eigenvalue weighted by molar-refractivity contribution is -0.154. The number of carboxylic acids is 2. The van der Waals surface area contributed by atoms with Crippen LogP contribution in [0.15, 0.2) is 54.6 Å². The summed E-state index contributed by atoms with van der Waals surface area (Å²) in [7, 11) is 0. The van der Waals surface area contributed by atoms with E-state index in [4.69, 9.17) is 9.47 Å². The highest BCUT2D eigenvalue weighted by Gasteiger charge is 2.67. The van der Waals surface area contributed by atoms with E-state index >= 15 is 0 Å². The number of rotatable bonds is 10. The molecule has 0 aromatic heterocycles.